The fourth-order valence-corrected chi connectivity index (χ4v) is 2.91. The number of hydrogen-bond acceptors (Lipinski definition) is 5. The molecule has 0 spiro atoms. The van der Waals surface area contributed by atoms with Crippen molar-refractivity contribution in [1.29, 1.82) is 0 Å². The second-order valence-electron chi connectivity index (χ2n) is 6.93. The van der Waals surface area contributed by atoms with Crippen LogP contribution in [0, 0.1) is 0 Å². The van der Waals surface area contributed by atoms with E-state index in [2.05, 4.69) is 59.0 Å². The predicted octanol–water partition coefficient (Wildman–Crippen LogP) is 5.38. The summed E-state index contributed by atoms with van der Waals surface area (Å²) in [6.07, 6.45) is 0. The van der Waals surface area contributed by atoms with Crippen molar-refractivity contribution in [2.24, 2.45) is 0 Å². The third-order valence-electron chi connectivity index (χ3n) is 3.95. The van der Waals surface area contributed by atoms with Crippen LogP contribution in [0.15, 0.2) is 51.5 Å². The van der Waals surface area contributed by atoms with E-state index in [1.54, 1.807) is 7.11 Å². The molecule has 2 aromatic carbocycles. The van der Waals surface area contributed by atoms with E-state index in [-0.39, 0.29) is 12.0 Å². The molecule has 0 bridgehead atoms. The Bertz CT molecular complexity index is 900. The second-order valence-corrected chi connectivity index (χ2v) is 7.78. The Labute approximate surface area is 161 Å². The lowest BCUT2D eigenvalue weighted by Crippen LogP contribution is -2.11. The maximum atomic E-state index is 5.82. The lowest BCUT2D eigenvalue weighted by atomic mass is 9.87. The van der Waals surface area contributed by atoms with Gasteiger partial charge < -0.3 is 14.0 Å². The molecule has 5 nitrogen and oxygen atoms in total. The van der Waals surface area contributed by atoms with E-state index in [1.807, 2.05) is 30.3 Å². The third kappa shape index (κ3) is 4.25. The van der Waals surface area contributed by atoms with Crippen LogP contribution in [0.4, 0.5) is 0 Å². The summed E-state index contributed by atoms with van der Waals surface area (Å²) in [4.78, 5) is 4.38. The first-order chi connectivity index (χ1) is 12.4. The Kier molecular flexibility index (Phi) is 5.32. The van der Waals surface area contributed by atoms with Crippen LogP contribution in [0.2, 0.25) is 0 Å². The summed E-state index contributed by atoms with van der Waals surface area (Å²) in [6.45, 7) is 6.72. The molecular formula is C20H21BrN2O3. The monoisotopic (exact) mass is 416 g/mol. The molecule has 0 aliphatic carbocycles. The molecule has 0 fully saturated rings. The van der Waals surface area contributed by atoms with Gasteiger partial charge in [0, 0.05) is 5.56 Å². The summed E-state index contributed by atoms with van der Waals surface area (Å²) in [6, 6.07) is 13.6. The minimum atomic E-state index is 0.0825. The summed E-state index contributed by atoms with van der Waals surface area (Å²) >= 11 is 3.57. The van der Waals surface area contributed by atoms with Gasteiger partial charge in [0.15, 0.2) is 6.61 Å². The predicted molar refractivity (Wildman–Crippen MR) is 103 cm³/mol. The van der Waals surface area contributed by atoms with Gasteiger partial charge in [-0.2, -0.15) is 4.98 Å². The molecule has 26 heavy (non-hydrogen) atoms. The molecule has 0 saturated carbocycles. The van der Waals surface area contributed by atoms with Gasteiger partial charge in [-0.25, -0.2) is 0 Å². The molecule has 3 aromatic rings. The normalized spacial score (nSPS) is 11.4. The van der Waals surface area contributed by atoms with Gasteiger partial charge in [0.1, 0.15) is 11.5 Å². The number of benzene rings is 2. The van der Waals surface area contributed by atoms with Crippen molar-refractivity contribution >= 4 is 15.9 Å². The van der Waals surface area contributed by atoms with Crippen molar-refractivity contribution in [2.75, 3.05) is 7.11 Å². The molecule has 3 rings (SSSR count). The number of aromatic nitrogens is 2. The fraction of sp³-hybridized carbons (Fsp3) is 0.300. The van der Waals surface area contributed by atoms with E-state index in [9.17, 15) is 0 Å². The molecule has 1 aromatic heterocycles. The first-order valence-corrected chi connectivity index (χ1v) is 9.06. The molecule has 0 N–H and O–H groups in total. The van der Waals surface area contributed by atoms with Crippen LogP contribution >= 0.6 is 15.9 Å². The number of halogens is 1. The van der Waals surface area contributed by atoms with Gasteiger partial charge in [-0.3, -0.25) is 0 Å². The quantitative estimate of drug-likeness (QED) is 0.558. The topological polar surface area (TPSA) is 57.4 Å². The summed E-state index contributed by atoms with van der Waals surface area (Å²) < 4.78 is 17.2. The number of methoxy groups -OCH3 is 1. The Morgan fingerprint density at radius 1 is 1.12 bits per heavy atom. The summed E-state index contributed by atoms with van der Waals surface area (Å²) in [5.74, 6) is 2.39. The molecule has 0 saturated heterocycles. The molecule has 136 valence electrons. The van der Waals surface area contributed by atoms with Crippen LogP contribution in [0.3, 0.4) is 0 Å². The largest absolute Gasteiger partial charge is 0.497 e. The van der Waals surface area contributed by atoms with E-state index >= 15 is 0 Å². The molecule has 1 heterocycles. The molecule has 0 aliphatic heterocycles. The molecule has 0 unspecified atom stereocenters. The Morgan fingerprint density at radius 3 is 2.62 bits per heavy atom. The van der Waals surface area contributed by atoms with E-state index in [0.29, 0.717) is 11.7 Å². The minimum absolute atomic E-state index is 0.0825. The zero-order valence-corrected chi connectivity index (χ0v) is 16.8. The smallest absolute Gasteiger partial charge is 0.264 e. The highest BCUT2D eigenvalue weighted by atomic mass is 79.9. The van der Waals surface area contributed by atoms with Gasteiger partial charge in [-0.1, -0.05) is 44.1 Å². The van der Waals surface area contributed by atoms with E-state index in [0.717, 1.165) is 21.5 Å². The summed E-state index contributed by atoms with van der Waals surface area (Å²) in [5.41, 5.74) is 2.14. The fourth-order valence-electron chi connectivity index (χ4n) is 2.42. The average molecular weight is 417 g/mol. The van der Waals surface area contributed by atoms with Crippen LogP contribution in [-0.2, 0) is 12.0 Å². The van der Waals surface area contributed by atoms with Crippen LogP contribution < -0.4 is 9.47 Å². The van der Waals surface area contributed by atoms with E-state index in [1.165, 1.54) is 5.56 Å². The maximum Gasteiger partial charge on any atom is 0.264 e. The summed E-state index contributed by atoms with van der Waals surface area (Å²) in [7, 11) is 1.62. The number of nitrogens with zero attached hydrogens (tertiary/aromatic N) is 2. The van der Waals surface area contributed by atoms with Crippen LogP contribution in [0.1, 0.15) is 32.2 Å². The van der Waals surface area contributed by atoms with Crippen molar-refractivity contribution in [3.63, 3.8) is 0 Å². The first-order valence-electron chi connectivity index (χ1n) is 8.26. The average Bonchev–Trinajstić information content (AvgIpc) is 3.09. The highest BCUT2D eigenvalue weighted by molar-refractivity contribution is 9.10. The standard InChI is InChI=1S/C20H21BrN2O3/c1-20(2,3)14-8-9-17(16(21)11-14)25-12-18-22-19(23-26-18)13-6-5-7-15(10-13)24-4/h5-11H,12H2,1-4H3. The molecule has 0 amide bonds. The zero-order chi connectivity index (χ0) is 18.7. The highest BCUT2D eigenvalue weighted by Crippen LogP contribution is 2.32. The van der Waals surface area contributed by atoms with Crippen molar-refractivity contribution in [3.8, 4) is 22.9 Å². The summed E-state index contributed by atoms with van der Waals surface area (Å²) in [5, 5.41) is 4.01. The zero-order valence-electron chi connectivity index (χ0n) is 15.2. The van der Waals surface area contributed by atoms with E-state index in [4.69, 9.17) is 14.0 Å². The third-order valence-corrected chi connectivity index (χ3v) is 4.56. The van der Waals surface area contributed by atoms with Gasteiger partial charge in [0.05, 0.1) is 11.6 Å². The van der Waals surface area contributed by atoms with Gasteiger partial charge in [0.25, 0.3) is 5.89 Å². The number of rotatable bonds is 5. The SMILES string of the molecule is COc1cccc(-c2noc(COc3ccc(C(C)(C)C)cc3Br)n2)c1. The van der Waals surface area contributed by atoms with Crippen molar-refractivity contribution in [1.82, 2.24) is 10.1 Å². The first kappa shape index (κ1) is 18.5. The van der Waals surface area contributed by atoms with Crippen LogP contribution in [0.25, 0.3) is 11.4 Å². The Balaban J connectivity index is 1.70. The van der Waals surface area contributed by atoms with Gasteiger partial charge in [-0.05, 0) is 51.2 Å². The lowest BCUT2D eigenvalue weighted by molar-refractivity contribution is 0.241. The van der Waals surface area contributed by atoms with Crippen LogP contribution in [-0.4, -0.2) is 17.3 Å². The van der Waals surface area contributed by atoms with Gasteiger partial charge in [0.2, 0.25) is 5.82 Å². The van der Waals surface area contributed by atoms with Gasteiger partial charge in [-0.15, -0.1) is 0 Å². The van der Waals surface area contributed by atoms with Crippen molar-refractivity contribution in [3.05, 3.63) is 58.4 Å². The van der Waals surface area contributed by atoms with Gasteiger partial charge >= 0.3 is 0 Å². The van der Waals surface area contributed by atoms with Crippen LogP contribution in [0.5, 0.6) is 11.5 Å². The molecule has 0 radical (unpaired) electrons. The highest BCUT2D eigenvalue weighted by Gasteiger charge is 2.16. The Hall–Kier alpha value is -2.34. The van der Waals surface area contributed by atoms with E-state index < -0.39 is 0 Å². The van der Waals surface area contributed by atoms with Crippen molar-refractivity contribution in [2.45, 2.75) is 32.8 Å². The molecule has 6 heteroatoms. The lowest BCUT2D eigenvalue weighted by Gasteiger charge is -2.20. The Morgan fingerprint density at radius 2 is 1.92 bits per heavy atom. The molecular weight excluding hydrogens is 396 g/mol. The second kappa shape index (κ2) is 7.50. The molecule has 0 aliphatic rings. The minimum Gasteiger partial charge on any atom is -0.497 e. The number of hydrogen-bond donors (Lipinski definition) is 0. The molecule has 0 atom stereocenters. The maximum absolute atomic E-state index is 5.82. The van der Waals surface area contributed by atoms with Crippen molar-refractivity contribution < 1.29 is 14.0 Å². The number of ether oxygens (including phenoxy) is 2.